The molecule has 3 nitrogen and oxygen atoms in total. The zero-order chi connectivity index (χ0) is 21.8. The monoisotopic (exact) mass is 526 g/mol. The lowest BCUT2D eigenvalue weighted by atomic mass is 9.86. The van der Waals surface area contributed by atoms with Crippen LogP contribution in [0, 0.1) is 0 Å². The molecule has 0 amide bonds. The van der Waals surface area contributed by atoms with Gasteiger partial charge in [0.1, 0.15) is 0 Å². The second-order valence-electron chi connectivity index (χ2n) is 8.22. The molecular formula is C27H31IN2O. The fourth-order valence-corrected chi connectivity index (χ4v) is 5.47. The number of nitrogens with zero attached hydrogens (tertiary/aromatic N) is 1. The summed E-state index contributed by atoms with van der Waals surface area (Å²) in [7, 11) is 0. The molecule has 1 atom stereocenters. The molecule has 0 aliphatic heterocycles. The third kappa shape index (κ3) is 4.51. The van der Waals surface area contributed by atoms with Crippen molar-refractivity contribution in [3.05, 3.63) is 82.0 Å². The van der Waals surface area contributed by atoms with Crippen LogP contribution in [-0.2, 0) is 30.3 Å². The van der Waals surface area contributed by atoms with Gasteiger partial charge in [-0.3, -0.25) is 4.98 Å². The van der Waals surface area contributed by atoms with Crippen LogP contribution in [0.25, 0.3) is 11.3 Å². The minimum Gasteiger partial charge on any atom is -0.392 e. The molecule has 162 valence electrons. The zero-order valence-electron chi connectivity index (χ0n) is 18.4. The maximum absolute atomic E-state index is 9.75. The van der Waals surface area contributed by atoms with Crippen molar-refractivity contribution in [3.63, 3.8) is 0 Å². The summed E-state index contributed by atoms with van der Waals surface area (Å²) in [5, 5.41) is 13.5. The van der Waals surface area contributed by atoms with Crippen LogP contribution >= 0.6 is 22.6 Å². The first kappa shape index (κ1) is 22.3. The Labute approximate surface area is 199 Å². The lowest BCUT2D eigenvalue weighted by Gasteiger charge is -2.30. The molecule has 0 saturated heterocycles. The van der Waals surface area contributed by atoms with E-state index in [1.807, 2.05) is 18.2 Å². The highest BCUT2D eigenvalue weighted by atomic mass is 127. The number of hydrogen-bond donors (Lipinski definition) is 2. The lowest BCUT2D eigenvalue weighted by molar-refractivity contribution is 0.282. The minimum atomic E-state index is 0.0483. The predicted molar refractivity (Wildman–Crippen MR) is 138 cm³/mol. The molecule has 0 bridgehead atoms. The van der Waals surface area contributed by atoms with Crippen molar-refractivity contribution < 1.29 is 5.11 Å². The molecule has 4 heteroatoms. The lowest BCUT2D eigenvalue weighted by Crippen LogP contribution is -2.21. The first-order valence-electron chi connectivity index (χ1n) is 11.3. The van der Waals surface area contributed by atoms with Gasteiger partial charge in [-0.15, -0.1) is 0 Å². The Hall–Kier alpha value is -1.92. The molecule has 1 aliphatic rings. The van der Waals surface area contributed by atoms with Crippen molar-refractivity contribution in [3.8, 4) is 11.3 Å². The second-order valence-corrected chi connectivity index (χ2v) is 8.99. The topological polar surface area (TPSA) is 45.2 Å². The molecule has 1 aliphatic carbocycles. The molecule has 3 aromatic rings. The van der Waals surface area contributed by atoms with E-state index >= 15 is 0 Å². The maximum Gasteiger partial charge on any atom is 0.0714 e. The Balaban J connectivity index is 1.80. The largest absolute Gasteiger partial charge is 0.392 e. The van der Waals surface area contributed by atoms with E-state index in [-0.39, 0.29) is 12.6 Å². The average molecular weight is 526 g/mol. The van der Waals surface area contributed by atoms with Gasteiger partial charge in [0.15, 0.2) is 0 Å². The van der Waals surface area contributed by atoms with Crippen molar-refractivity contribution in [1.29, 1.82) is 0 Å². The van der Waals surface area contributed by atoms with E-state index in [0.717, 1.165) is 53.5 Å². The van der Waals surface area contributed by atoms with Crippen LogP contribution in [0.5, 0.6) is 0 Å². The van der Waals surface area contributed by atoms with Crippen molar-refractivity contribution >= 4 is 28.3 Å². The molecule has 0 fully saturated rings. The van der Waals surface area contributed by atoms with Crippen LogP contribution in [-0.4, -0.2) is 10.1 Å². The van der Waals surface area contributed by atoms with Gasteiger partial charge in [-0.1, -0.05) is 72.8 Å². The SMILES string of the molecule is CCc1cccc(CC)c1-c1cc(CI)c2c(n1)CCCC2Nc1ccccc1CO. The van der Waals surface area contributed by atoms with Crippen molar-refractivity contribution in [2.75, 3.05) is 5.32 Å². The fraction of sp³-hybridized carbons (Fsp3) is 0.370. The Bertz CT molecular complexity index is 1020. The fourth-order valence-electron chi connectivity index (χ4n) is 4.84. The highest BCUT2D eigenvalue weighted by molar-refractivity contribution is 14.1. The number of aromatic nitrogens is 1. The molecular weight excluding hydrogens is 495 g/mol. The molecule has 0 radical (unpaired) electrons. The van der Waals surface area contributed by atoms with Gasteiger partial charge in [0.25, 0.3) is 0 Å². The third-order valence-corrected chi connectivity index (χ3v) is 7.22. The number of anilines is 1. The molecule has 0 saturated carbocycles. The Morgan fingerprint density at radius 3 is 2.39 bits per heavy atom. The number of hydrogen-bond acceptors (Lipinski definition) is 3. The zero-order valence-corrected chi connectivity index (χ0v) is 20.6. The van der Waals surface area contributed by atoms with Crippen LogP contribution in [0.4, 0.5) is 5.69 Å². The van der Waals surface area contributed by atoms with Crippen LogP contribution in [0.1, 0.15) is 66.2 Å². The van der Waals surface area contributed by atoms with Gasteiger partial charge in [0, 0.05) is 26.9 Å². The first-order valence-corrected chi connectivity index (χ1v) is 12.9. The molecule has 0 spiro atoms. The maximum atomic E-state index is 9.75. The second kappa shape index (κ2) is 10.1. The molecule has 4 rings (SSSR count). The number of halogens is 1. The van der Waals surface area contributed by atoms with Crippen molar-refractivity contribution in [2.24, 2.45) is 0 Å². The van der Waals surface area contributed by atoms with Gasteiger partial charge in [0.2, 0.25) is 0 Å². The van der Waals surface area contributed by atoms with Gasteiger partial charge < -0.3 is 10.4 Å². The molecule has 2 N–H and O–H groups in total. The van der Waals surface area contributed by atoms with E-state index in [2.05, 4.69) is 72.1 Å². The van der Waals surface area contributed by atoms with Gasteiger partial charge in [-0.25, -0.2) is 0 Å². The number of rotatable bonds is 7. The Morgan fingerprint density at radius 1 is 1.00 bits per heavy atom. The standard InChI is InChI=1S/C27H31IN2O/c1-3-18-10-7-11-19(4-2)26(18)25-15-21(16-28)27-23(13-8-14-24(27)30-25)29-22-12-6-5-9-20(22)17-31/h5-7,9-12,15,23,29,31H,3-4,8,13-14,16-17H2,1-2H3. The summed E-state index contributed by atoms with van der Waals surface area (Å²) >= 11 is 2.49. The Morgan fingerprint density at radius 2 is 1.71 bits per heavy atom. The van der Waals surface area contributed by atoms with E-state index < -0.39 is 0 Å². The van der Waals surface area contributed by atoms with E-state index in [1.165, 1.54) is 33.5 Å². The van der Waals surface area contributed by atoms with Crippen LogP contribution < -0.4 is 5.32 Å². The van der Waals surface area contributed by atoms with Crippen LogP contribution in [0.2, 0.25) is 0 Å². The highest BCUT2D eigenvalue weighted by Gasteiger charge is 2.26. The number of benzene rings is 2. The number of fused-ring (bicyclic) bond motifs is 1. The average Bonchev–Trinajstić information content (AvgIpc) is 2.83. The summed E-state index contributed by atoms with van der Waals surface area (Å²) in [6, 6.07) is 17.3. The smallest absolute Gasteiger partial charge is 0.0714 e. The quantitative estimate of drug-likeness (QED) is 0.263. The van der Waals surface area contributed by atoms with Gasteiger partial charge in [-0.2, -0.15) is 0 Å². The molecule has 1 unspecified atom stereocenters. The van der Waals surface area contributed by atoms with E-state index in [9.17, 15) is 5.11 Å². The summed E-state index contributed by atoms with van der Waals surface area (Å²) in [5.74, 6) is 0. The summed E-state index contributed by atoms with van der Waals surface area (Å²) in [6.45, 7) is 4.51. The van der Waals surface area contributed by atoms with Crippen LogP contribution in [0.3, 0.4) is 0 Å². The molecule has 1 aromatic heterocycles. The normalized spacial score (nSPS) is 15.5. The highest BCUT2D eigenvalue weighted by Crippen LogP contribution is 2.39. The summed E-state index contributed by atoms with van der Waals surface area (Å²) in [6.07, 6.45) is 5.28. The first-order chi connectivity index (χ1) is 15.2. The number of pyridine rings is 1. The van der Waals surface area contributed by atoms with Gasteiger partial charge >= 0.3 is 0 Å². The molecule has 1 heterocycles. The van der Waals surface area contributed by atoms with Crippen molar-refractivity contribution in [2.45, 2.75) is 63.0 Å². The summed E-state index contributed by atoms with van der Waals surface area (Å²) in [5.41, 5.74) is 11.2. The number of para-hydroxylation sites is 1. The van der Waals surface area contributed by atoms with Crippen molar-refractivity contribution in [1.82, 2.24) is 4.98 Å². The summed E-state index contributed by atoms with van der Waals surface area (Å²) < 4.78 is 0.963. The number of nitrogens with one attached hydrogen (secondary N) is 1. The van der Waals surface area contributed by atoms with Gasteiger partial charge in [-0.05, 0) is 66.5 Å². The van der Waals surface area contributed by atoms with E-state index in [1.54, 1.807) is 0 Å². The van der Waals surface area contributed by atoms with E-state index in [4.69, 9.17) is 4.98 Å². The van der Waals surface area contributed by atoms with Crippen LogP contribution in [0.15, 0.2) is 48.5 Å². The number of aliphatic hydroxyl groups excluding tert-OH is 1. The molecule has 2 aromatic carbocycles. The third-order valence-electron chi connectivity index (χ3n) is 6.39. The molecule has 31 heavy (non-hydrogen) atoms. The number of aryl methyl sites for hydroxylation is 3. The van der Waals surface area contributed by atoms with Gasteiger partial charge in [0.05, 0.1) is 18.3 Å². The number of alkyl halides is 1. The summed E-state index contributed by atoms with van der Waals surface area (Å²) in [4.78, 5) is 5.25. The predicted octanol–water partition coefficient (Wildman–Crippen LogP) is 6.79. The van der Waals surface area contributed by atoms with E-state index in [0.29, 0.717) is 0 Å². The number of aliphatic hydroxyl groups is 1. The minimum absolute atomic E-state index is 0.0483. The Kier molecular flexibility index (Phi) is 7.28.